The lowest BCUT2D eigenvalue weighted by Gasteiger charge is -2.22. The van der Waals surface area contributed by atoms with Gasteiger partial charge in [0.05, 0.1) is 7.11 Å². The van der Waals surface area contributed by atoms with Crippen molar-refractivity contribution in [3.8, 4) is 5.75 Å². The van der Waals surface area contributed by atoms with Gasteiger partial charge in [-0.3, -0.25) is 4.79 Å². The Morgan fingerprint density at radius 3 is 2.43 bits per heavy atom. The number of benzene rings is 2. The molecule has 0 aliphatic carbocycles. The van der Waals surface area contributed by atoms with Gasteiger partial charge in [0.2, 0.25) is 0 Å². The number of hydrogen-bond acceptors (Lipinski definition) is 2. The Kier molecular flexibility index (Phi) is 5.15. The van der Waals surface area contributed by atoms with E-state index in [1.54, 1.807) is 7.11 Å². The van der Waals surface area contributed by atoms with E-state index in [1.807, 2.05) is 54.6 Å². The second-order valence-corrected chi connectivity index (χ2v) is 5.37. The van der Waals surface area contributed by atoms with Gasteiger partial charge in [0, 0.05) is 11.5 Å². The first kappa shape index (κ1) is 15.3. The topological polar surface area (TPSA) is 26.3 Å². The summed E-state index contributed by atoms with van der Waals surface area (Å²) in [6.45, 7) is 4.26. The van der Waals surface area contributed by atoms with E-state index >= 15 is 0 Å². The molecule has 0 radical (unpaired) electrons. The highest BCUT2D eigenvalue weighted by Crippen LogP contribution is 2.31. The third-order valence-electron chi connectivity index (χ3n) is 4.01. The summed E-state index contributed by atoms with van der Waals surface area (Å²) < 4.78 is 5.23. The summed E-state index contributed by atoms with van der Waals surface area (Å²) in [6.07, 6.45) is 0.968. The minimum absolute atomic E-state index is 0.108. The van der Waals surface area contributed by atoms with Crippen LogP contribution in [0.25, 0.3) is 0 Å². The number of hydrogen-bond donors (Lipinski definition) is 0. The van der Waals surface area contributed by atoms with Crippen LogP contribution in [0.4, 0.5) is 0 Å². The van der Waals surface area contributed by atoms with E-state index in [0.717, 1.165) is 17.7 Å². The highest BCUT2D eigenvalue weighted by atomic mass is 16.5. The number of carbonyl (C=O) groups is 1. The van der Waals surface area contributed by atoms with E-state index in [2.05, 4.69) is 13.8 Å². The van der Waals surface area contributed by atoms with Crippen molar-refractivity contribution in [1.29, 1.82) is 0 Å². The summed E-state index contributed by atoms with van der Waals surface area (Å²) in [5.41, 5.74) is 1.79. The highest BCUT2D eigenvalue weighted by Gasteiger charge is 2.26. The molecule has 21 heavy (non-hydrogen) atoms. The van der Waals surface area contributed by atoms with Crippen LogP contribution in [0.3, 0.4) is 0 Å². The lowest BCUT2D eigenvalue weighted by atomic mass is 9.80. The van der Waals surface area contributed by atoms with Crippen LogP contribution in [0.1, 0.15) is 42.1 Å². The van der Waals surface area contributed by atoms with Gasteiger partial charge in [-0.2, -0.15) is 0 Å². The van der Waals surface area contributed by atoms with Gasteiger partial charge in [0.1, 0.15) is 5.75 Å². The van der Waals surface area contributed by atoms with E-state index in [-0.39, 0.29) is 11.7 Å². The zero-order chi connectivity index (χ0) is 15.2. The van der Waals surface area contributed by atoms with Crippen LogP contribution in [0.2, 0.25) is 0 Å². The molecule has 0 saturated carbocycles. The van der Waals surface area contributed by atoms with Crippen molar-refractivity contribution in [3.05, 3.63) is 65.7 Å². The van der Waals surface area contributed by atoms with Crippen molar-refractivity contribution in [2.75, 3.05) is 7.11 Å². The minimum Gasteiger partial charge on any atom is -0.497 e. The Labute approximate surface area is 126 Å². The molecule has 0 aliphatic heterocycles. The lowest BCUT2D eigenvalue weighted by Crippen LogP contribution is -2.20. The molecule has 2 rings (SSSR count). The van der Waals surface area contributed by atoms with Gasteiger partial charge in [-0.15, -0.1) is 0 Å². The fourth-order valence-corrected chi connectivity index (χ4v) is 2.59. The third kappa shape index (κ3) is 3.52. The van der Waals surface area contributed by atoms with Crippen molar-refractivity contribution in [2.45, 2.75) is 26.2 Å². The Morgan fingerprint density at radius 1 is 1.10 bits per heavy atom. The maximum Gasteiger partial charge on any atom is 0.170 e. The quantitative estimate of drug-likeness (QED) is 0.717. The molecule has 0 fully saturated rings. The fourth-order valence-electron chi connectivity index (χ4n) is 2.59. The first-order valence-electron chi connectivity index (χ1n) is 7.40. The lowest BCUT2D eigenvalue weighted by molar-refractivity contribution is 0.0931. The van der Waals surface area contributed by atoms with Gasteiger partial charge < -0.3 is 4.74 Å². The zero-order valence-electron chi connectivity index (χ0n) is 12.9. The molecule has 0 spiro atoms. The molecule has 110 valence electrons. The fraction of sp³-hybridized carbons (Fsp3) is 0.316. The standard InChI is InChI=1S/C19H22O2/c1-4-14(2)18(15-9-6-5-7-10-15)19(20)16-11-8-12-17(13-16)21-3/h5-14,18H,4H2,1-3H3. The van der Waals surface area contributed by atoms with Crippen LogP contribution in [0.15, 0.2) is 54.6 Å². The van der Waals surface area contributed by atoms with Gasteiger partial charge in [-0.05, 0) is 23.6 Å². The van der Waals surface area contributed by atoms with Crippen molar-refractivity contribution in [2.24, 2.45) is 5.92 Å². The largest absolute Gasteiger partial charge is 0.497 e. The van der Waals surface area contributed by atoms with Crippen LogP contribution in [-0.2, 0) is 0 Å². The van der Waals surface area contributed by atoms with Crippen molar-refractivity contribution < 1.29 is 9.53 Å². The maximum absolute atomic E-state index is 13.0. The summed E-state index contributed by atoms with van der Waals surface area (Å²) in [5.74, 6) is 1.07. The number of rotatable bonds is 6. The first-order valence-corrected chi connectivity index (χ1v) is 7.40. The second kappa shape index (κ2) is 7.07. The second-order valence-electron chi connectivity index (χ2n) is 5.37. The van der Waals surface area contributed by atoms with E-state index in [1.165, 1.54) is 0 Å². The molecule has 0 N–H and O–H groups in total. The molecule has 2 atom stereocenters. The first-order chi connectivity index (χ1) is 10.2. The van der Waals surface area contributed by atoms with Gasteiger partial charge in [-0.25, -0.2) is 0 Å². The maximum atomic E-state index is 13.0. The highest BCUT2D eigenvalue weighted by molar-refractivity contribution is 6.01. The number of ketones is 1. The monoisotopic (exact) mass is 282 g/mol. The van der Waals surface area contributed by atoms with Crippen LogP contribution in [0, 0.1) is 5.92 Å². The predicted molar refractivity (Wildman–Crippen MR) is 86.0 cm³/mol. The molecular weight excluding hydrogens is 260 g/mol. The summed E-state index contributed by atoms with van der Waals surface area (Å²) in [4.78, 5) is 13.0. The number of Topliss-reactive ketones (excluding diaryl/α,β-unsaturated/α-hetero) is 1. The number of methoxy groups -OCH3 is 1. The van der Waals surface area contributed by atoms with Gasteiger partial charge in [0.25, 0.3) is 0 Å². The summed E-state index contributed by atoms with van der Waals surface area (Å²) in [5, 5.41) is 0. The van der Waals surface area contributed by atoms with E-state index < -0.39 is 0 Å². The van der Waals surface area contributed by atoms with Crippen molar-refractivity contribution >= 4 is 5.78 Å². The average Bonchev–Trinajstić information content (AvgIpc) is 2.55. The minimum atomic E-state index is -0.108. The van der Waals surface area contributed by atoms with Crippen LogP contribution in [-0.4, -0.2) is 12.9 Å². The van der Waals surface area contributed by atoms with Gasteiger partial charge in [-0.1, -0.05) is 62.7 Å². The van der Waals surface area contributed by atoms with E-state index in [9.17, 15) is 4.79 Å². The SMILES string of the molecule is CCC(C)C(C(=O)c1cccc(OC)c1)c1ccccc1. The molecule has 0 aliphatic rings. The Balaban J connectivity index is 2.39. The van der Waals surface area contributed by atoms with Crippen molar-refractivity contribution in [1.82, 2.24) is 0 Å². The van der Waals surface area contributed by atoms with E-state index in [0.29, 0.717) is 11.5 Å². The number of ether oxygens (including phenoxy) is 1. The Hall–Kier alpha value is -2.09. The molecular formula is C19H22O2. The summed E-state index contributed by atoms with van der Waals surface area (Å²) >= 11 is 0. The molecule has 2 aromatic carbocycles. The van der Waals surface area contributed by atoms with Crippen LogP contribution >= 0.6 is 0 Å². The molecule has 0 aromatic heterocycles. The predicted octanol–water partition coefficient (Wildman–Crippen LogP) is 4.71. The van der Waals surface area contributed by atoms with E-state index in [4.69, 9.17) is 4.74 Å². The third-order valence-corrected chi connectivity index (χ3v) is 4.01. The Morgan fingerprint density at radius 2 is 1.81 bits per heavy atom. The summed E-state index contributed by atoms with van der Waals surface area (Å²) in [6, 6.07) is 17.4. The van der Waals surface area contributed by atoms with Gasteiger partial charge >= 0.3 is 0 Å². The molecule has 0 saturated heterocycles. The molecule has 2 unspecified atom stereocenters. The van der Waals surface area contributed by atoms with Gasteiger partial charge in [0.15, 0.2) is 5.78 Å². The normalized spacial score (nSPS) is 13.5. The average molecular weight is 282 g/mol. The molecule has 0 bridgehead atoms. The van der Waals surface area contributed by atoms with Crippen LogP contribution < -0.4 is 4.74 Å². The molecule has 2 nitrogen and oxygen atoms in total. The smallest absolute Gasteiger partial charge is 0.170 e. The molecule has 0 amide bonds. The van der Waals surface area contributed by atoms with Crippen molar-refractivity contribution in [3.63, 3.8) is 0 Å². The Bertz CT molecular complexity index is 590. The van der Waals surface area contributed by atoms with Crippen LogP contribution in [0.5, 0.6) is 5.75 Å². The number of carbonyl (C=O) groups excluding carboxylic acids is 1. The zero-order valence-corrected chi connectivity index (χ0v) is 12.9. The molecule has 2 aromatic rings. The summed E-state index contributed by atoms with van der Waals surface area (Å²) in [7, 11) is 1.62. The molecule has 0 heterocycles. The molecule has 2 heteroatoms.